The van der Waals surface area contributed by atoms with Crippen molar-refractivity contribution in [1.82, 2.24) is 4.90 Å². The number of rotatable bonds is 7. The molecule has 0 saturated heterocycles. The molecule has 2 aromatic rings. The summed E-state index contributed by atoms with van der Waals surface area (Å²) in [6, 6.07) is 12.0. The molecule has 0 spiro atoms. The van der Waals surface area contributed by atoms with E-state index in [0.717, 1.165) is 17.5 Å². The third-order valence-corrected chi connectivity index (χ3v) is 4.39. The molecule has 4 heteroatoms. The van der Waals surface area contributed by atoms with Gasteiger partial charge in [-0.3, -0.25) is 4.79 Å². The lowest BCUT2D eigenvalue weighted by atomic mass is 10.1. The molecule has 0 aliphatic heterocycles. The molecule has 0 unspecified atom stereocenters. The van der Waals surface area contributed by atoms with Crippen molar-refractivity contribution in [3.63, 3.8) is 0 Å². The predicted octanol–water partition coefficient (Wildman–Crippen LogP) is 4.03. The first-order valence-electron chi connectivity index (χ1n) is 8.66. The van der Waals surface area contributed by atoms with Gasteiger partial charge >= 0.3 is 0 Å². The highest BCUT2D eigenvalue weighted by Gasteiger charge is 2.08. The van der Waals surface area contributed by atoms with E-state index < -0.39 is 0 Å². The van der Waals surface area contributed by atoms with Gasteiger partial charge in [-0.2, -0.15) is 0 Å². The summed E-state index contributed by atoms with van der Waals surface area (Å²) < 4.78 is 10.6. The molecule has 0 aromatic heterocycles. The largest absolute Gasteiger partial charge is 0.493 e. The lowest BCUT2D eigenvalue weighted by molar-refractivity contribution is -0.124. The fourth-order valence-corrected chi connectivity index (χ4v) is 2.74. The fourth-order valence-electron chi connectivity index (χ4n) is 2.74. The van der Waals surface area contributed by atoms with Crippen LogP contribution in [0.25, 0.3) is 6.08 Å². The molecule has 0 radical (unpaired) electrons. The van der Waals surface area contributed by atoms with Crippen LogP contribution in [-0.4, -0.2) is 38.6 Å². The first kappa shape index (κ1) is 19.6. The summed E-state index contributed by atoms with van der Waals surface area (Å²) in [5.41, 5.74) is 4.55. The first-order valence-corrected chi connectivity index (χ1v) is 8.66. The highest BCUT2D eigenvalue weighted by atomic mass is 16.5. The van der Waals surface area contributed by atoms with Gasteiger partial charge in [0, 0.05) is 19.7 Å². The molecule has 0 aliphatic carbocycles. The quantitative estimate of drug-likeness (QED) is 0.705. The lowest BCUT2D eigenvalue weighted by Crippen LogP contribution is -2.27. The van der Waals surface area contributed by atoms with Crippen molar-refractivity contribution < 1.29 is 14.3 Å². The van der Waals surface area contributed by atoms with Gasteiger partial charge < -0.3 is 14.4 Å². The molecule has 138 valence electrons. The van der Waals surface area contributed by atoms with Crippen molar-refractivity contribution in [3.05, 3.63) is 64.7 Å². The number of carbonyl (C=O) groups is 1. The number of ether oxygens (including phenoxy) is 2. The Morgan fingerprint density at radius 1 is 1.04 bits per heavy atom. The second-order valence-corrected chi connectivity index (χ2v) is 6.39. The van der Waals surface area contributed by atoms with Crippen molar-refractivity contribution in [2.24, 2.45) is 0 Å². The van der Waals surface area contributed by atoms with Gasteiger partial charge in [-0.15, -0.1) is 0 Å². The van der Waals surface area contributed by atoms with Gasteiger partial charge in [0.1, 0.15) is 0 Å². The average Bonchev–Trinajstić information content (AvgIpc) is 2.64. The van der Waals surface area contributed by atoms with E-state index in [4.69, 9.17) is 9.47 Å². The van der Waals surface area contributed by atoms with E-state index in [0.29, 0.717) is 18.0 Å². The molecule has 2 rings (SSSR count). The SMILES string of the molecule is COc1ccc(CCN(C)C(=O)/C=C/c2ccc(C)cc2C)cc1OC. The smallest absolute Gasteiger partial charge is 0.246 e. The Labute approximate surface area is 156 Å². The number of hydrogen-bond donors (Lipinski definition) is 0. The molecule has 26 heavy (non-hydrogen) atoms. The molecule has 0 heterocycles. The molecular weight excluding hydrogens is 326 g/mol. The minimum absolute atomic E-state index is 0.00884. The summed E-state index contributed by atoms with van der Waals surface area (Å²) in [6.45, 7) is 4.75. The van der Waals surface area contributed by atoms with Gasteiger partial charge in [0.15, 0.2) is 11.5 Å². The van der Waals surface area contributed by atoms with Crippen LogP contribution in [0.5, 0.6) is 11.5 Å². The van der Waals surface area contributed by atoms with E-state index in [1.807, 2.05) is 37.4 Å². The monoisotopic (exact) mass is 353 g/mol. The average molecular weight is 353 g/mol. The number of amides is 1. The molecule has 0 aliphatic rings. The molecule has 4 nitrogen and oxygen atoms in total. The van der Waals surface area contributed by atoms with Crippen LogP contribution in [0.2, 0.25) is 0 Å². The summed E-state index contributed by atoms with van der Waals surface area (Å²) in [5.74, 6) is 1.40. The van der Waals surface area contributed by atoms with E-state index in [1.165, 1.54) is 11.1 Å². The van der Waals surface area contributed by atoms with E-state index in [-0.39, 0.29) is 5.91 Å². The van der Waals surface area contributed by atoms with Crippen LogP contribution in [0.15, 0.2) is 42.5 Å². The van der Waals surface area contributed by atoms with Gasteiger partial charge in [-0.1, -0.05) is 29.8 Å². The zero-order valence-electron chi connectivity index (χ0n) is 16.2. The standard InChI is InChI=1S/C22H27NO3/c1-16-6-8-19(17(2)14-16)9-11-22(24)23(3)13-12-18-7-10-20(25-4)21(15-18)26-5/h6-11,14-15H,12-13H2,1-5H3/b11-9+. The normalized spacial score (nSPS) is 10.8. The first-order chi connectivity index (χ1) is 12.4. The van der Waals surface area contributed by atoms with Crippen LogP contribution >= 0.6 is 0 Å². The Bertz CT molecular complexity index is 796. The van der Waals surface area contributed by atoms with Gasteiger partial charge in [0.25, 0.3) is 0 Å². The number of benzene rings is 2. The van der Waals surface area contributed by atoms with E-state index in [1.54, 1.807) is 25.2 Å². The van der Waals surface area contributed by atoms with Crippen molar-refractivity contribution in [2.45, 2.75) is 20.3 Å². The third-order valence-electron chi connectivity index (χ3n) is 4.39. The summed E-state index contributed by atoms with van der Waals surface area (Å²) in [7, 11) is 5.05. The number of hydrogen-bond acceptors (Lipinski definition) is 3. The summed E-state index contributed by atoms with van der Waals surface area (Å²) in [4.78, 5) is 14.1. The molecule has 0 fully saturated rings. The minimum Gasteiger partial charge on any atom is -0.493 e. The molecule has 0 bridgehead atoms. The van der Waals surface area contributed by atoms with Crippen LogP contribution in [-0.2, 0) is 11.2 Å². The third kappa shape index (κ3) is 5.12. The molecule has 1 amide bonds. The number of nitrogens with zero attached hydrogens (tertiary/aromatic N) is 1. The zero-order valence-corrected chi connectivity index (χ0v) is 16.2. The van der Waals surface area contributed by atoms with Gasteiger partial charge in [-0.25, -0.2) is 0 Å². The van der Waals surface area contributed by atoms with Crippen molar-refractivity contribution >= 4 is 12.0 Å². The summed E-state index contributed by atoms with van der Waals surface area (Å²) in [6.07, 6.45) is 4.26. The van der Waals surface area contributed by atoms with Crippen molar-refractivity contribution in [2.75, 3.05) is 27.8 Å². The van der Waals surface area contributed by atoms with Crippen LogP contribution in [0.4, 0.5) is 0 Å². The van der Waals surface area contributed by atoms with Gasteiger partial charge in [0.2, 0.25) is 5.91 Å². The Morgan fingerprint density at radius 2 is 1.77 bits per heavy atom. The number of likely N-dealkylation sites (N-methyl/N-ethyl adjacent to an activating group) is 1. The second-order valence-electron chi connectivity index (χ2n) is 6.39. The maximum absolute atomic E-state index is 12.3. The topological polar surface area (TPSA) is 38.8 Å². The molecule has 2 aromatic carbocycles. The van der Waals surface area contributed by atoms with Gasteiger partial charge in [0.05, 0.1) is 14.2 Å². The summed E-state index contributed by atoms with van der Waals surface area (Å²) in [5, 5.41) is 0. The maximum Gasteiger partial charge on any atom is 0.246 e. The van der Waals surface area contributed by atoms with E-state index in [2.05, 4.69) is 26.0 Å². The molecule has 0 saturated carbocycles. The van der Waals surface area contributed by atoms with Crippen LogP contribution < -0.4 is 9.47 Å². The fraction of sp³-hybridized carbons (Fsp3) is 0.318. The highest BCUT2D eigenvalue weighted by Crippen LogP contribution is 2.27. The summed E-state index contributed by atoms with van der Waals surface area (Å²) >= 11 is 0. The zero-order chi connectivity index (χ0) is 19.1. The highest BCUT2D eigenvalue weighted by molar-refractivity contribution is 5.91. The van der Waals surface area contributed by atoms with Crippen molar-refractivity contribution in [3.8, 4) is 11.5 Å². The maximum atomic E-state index is 12.3. The minimum atomic E-state index is -0.00884. The predicted molar refractivity (Wildman–Crippen MR) is 106 cm³/mol. The Hall–Kier alpha value is -2.75. The Morgan fingerprint density at radius 3 is 2.42 bits per heavy atom. The van der Waals surface area contributed by atoms with Crippen LogP contribution in [0.1, 0.15) is 22.3 Å². The van der Waals surface area contributed by atoms with Crippen LogP contribution in [0, 0.1) is 13.8 Å². The molecule has 0 N–H and O–H groups in total. The Kier molecular flexibility index (Phi) is 6.84. The molecule has 0 atom stereocenters. The number of carbonyl (C=O) groups excluding carboxylic acids is 1. The van der Waals surface area contributed by atoms with E-state index in [9.17, 15) is 4.79 Å². The number of aryl methyl sites for hydroxylation is 2. The van der Waals surface area contributed by atoms with Crippen LogP contribution in [0.3, 0.4) is 0 Å². The van der Waals surface area contributed by atoms with Gasteiger partial charge in [-0.05, 0) is 55.2 Å². The molecular formula is C22H27NO3. The van der Waals surface area contributed by atoms with Crippen molar-refractivity contribution in [1.29, 1.82) is 0 Å². The second kappa shape index (κ2) is 9.09. The number of methoxy groups -OCH3 is 2. The Balaban J connectivity index is 1.95. The van der Waals surface area contributed by atoms with E-state index >= 15 is 0 Å². The lowest BCUT2D eigenvalue weighted by Gasteiger charge is -2.16.